The summed E-state index contributed by atoms with van der Waals surface area (Å²) in [5.74, 6) is -2.35. The lowest BCUT2D eigenvalue weighted by Gasteiger charge is -2.20. The molecule has 0 saturated heterocycles. The standard InChI is InChI=1S/C15H21N3O.C11H12N2O.C4H10ClN.ClH/c1-17(2)11-12-19-15(13-7-5-4-6-8-13)14-9-10-16-18(14)3;1-13-10(7-8-12-13)11(14)9-5-3-2-4-6-9;1-6(2)4-3-5;/h4-10,15H,11-12H2,1-3H3;2-8,11,14H,1H3;3-4H2,1-2H3;1H/i11D2,12D2;;3D2,4D2;. The van der Waals surface area contributed by atoms with E-state index in [9.17, 15) is 5.11 Å². The average Bonchev–Trinajstić information content (AvgIpc) is 3.63. The van der Waals surface area contributed by atoms with Gasteiger partial charge in [0.15, 0.2) is 0 Å². The van der Waals surface area contributed by atoms with Gasteiger partial charge in [0, 0.05) is 53.5 Å². The van der Waals surface area contributed by atoms with Gasteiger partial charge in [-0.3, -0.25) is 9.36 Å². The zero-order chi connectivity index (χ0) is 35.8. The Morgan fingerprint density at radius 2 is 1.27 bits per heavy atom. The first-order chi connectivity index (χ1) is 21.6. The van der Waals surface area contributed by atoms with Gasteiger partial charge in [-0.25, -0.2) is 0 Å². The van der Waals surface area contributed by atoms with Crippen molar-refractivity contribution in [3.8, 4) is 0 Å². The molecule has 2 unspecified atom stereocenters. The number of hydrogen-bond donors (Lipinski definition) is 1. The van der Waals surface area contributed by atoms with Gasteiger partial charge >= 0.3 is 0 Å². The lowest BCUT2D eigenvalue weighted by Crippen LogP contribution is -2.20. The van der Waals surface area contributed by atoms with Crippen molar-refractivity contribution in [1.29, 1.82) is 0 Å². The van der Waals surface area contributed by atoms with Crippen molar-refractivity contribution in [2.75, 3.05) is 53.6 Å². The van der Waals surface area contributed by atoms with Gasteiger partial charge in [0.05, 0.1) is 20.7 Å². The van der Waals surface area contributed by atoms with Crippen molar-refractivity contribution in [2.24, 2.45) is 14.1 Å². The molecule has 8 nitrogen and oxygen atoms in total. The summed E-state index contributed by atoms with van der Waals surface area (Å²) in [6.07, 6.45) is 1.92. The molecular formula is C30H44Cl2N6O2. The van der Waals surface area contributed by atoms with Gasteiger partial charge in [-0.05, 0) is 51.5 Å². The summed E-state index contributed by atoms with van der Waals surface area (Å²) in [4.78, 5) is 2.26. The van der Waals surface area contributed by atoms with Crippen molar-refractivity contribution in [3.05, 3.63) is 108 Å². The number of likely N-dealkylation sites (N-methyl/N-ethyl adjacent to an activating group) is 1. The largest absolute Gasteiger partial charge is 0.382 e. The van der Waals surface area contributed by atoms with Gasteiger partial charge in [0.25, 0.3) is 0 Å². The van der Waals surface area contributed by atoms with Crippen molar-refractivity contribution >= 4 is 24.0 Å². The van der Waals surface area contributed by atoms with Gasteiger partial charge in [-0.1, -0.05) is 60.7 Å². The van der Waals surface area contributed by atoms with Crippen LogP contribution in [0.1, 0.15) is 45.7 Å². The number of aliphatic hydroxyl groups excluding tert-OH is 1. The summed E-state index contributed by atoms with van der Waals surface area (Å²) in [5, 5.41) is 18.1. The molecule has 0 amide bonds. The molecule has 2 aromatic carbocycles. The van der Waals surface area contributed by atoms with Gasteiger partial charge in [-0.2, -0.15) is 10.2 Å². The third-order valence-electron chi connectivity index (χ3n) is 5.20. The molecule has 0 aliphatic carbocycles. The van der Waals surface area contributed by atoms with Crippen molar-refractivity contribution < 1.29 is 20.8 Å². The Morgan fingerprint density at radius 1 is 0.800 bits per heavy atom. The van der Waals surface area contributed by atoms with E-state index in [0.717, 1.165) is 26.6 Å². The zero-order valence-electron chi connectivity index (χ0n) is 31.6. The fourth-order valence-corrected chi connectivity index (χ4v) is 3.46. The Labute approximate surface area is 261 Å². The first-order valence-corrected chi connectivity index (χ1v) is 12.5. The lowest BCUT2D eigenvalue weighted by molar-refractivity contribution is 0.0638. The second-order valence-electron chi connectivity index (χ2n) is 8.69. The van der Waals surface area contributed by atoms with E-state index < -0.39 is 37.6 Å². The quantitative estimate of drug-likeness (QED) is 0.264. The van der Waals surface area contributed by atoms with E-state index in [-0.39, 0.29) is 12.4 Å². The first kappa shape index (κ1) is 23.9. The Bertz CT molecular complexity index is 1500. The van der Waals surface area contributed by atoms with Crippen LogP contribution in [0.15, 0.2) is 85.2 Å². The monoisotopic (exact) mass is 598 g/mol. The van der Waals surface area contributed by atoms with Crippen molar-refractivity contribution in [3.63, 3.8) is 0 Å². The van der Waals surface area contributed by atoms with E-state index in [1.54, 1.807) is 34.9 Å². The topological polar surface area (TPSA) is 71.6 Å². The SMILES string of the molecule is Cl.Cn1nccc1C(O)c1ccccc1.[2H]C([2H])(Cl)C([2H])([2H])N(C)C.[2H]C([2H])(OC(c1ccccc1)c1ccnn1C)C([2H])([2H])N(C)C. The maximum Gasteiger partial charge on any atom is 0.124 e. The van der Waals surface area contributed by atoms with Crippen molar-refractivity contribution in [1.82, 2.24) is 29.4 Å². The highest BCUT2D eigenvalue weighted by molar-refractivity contribution is 6.18. The summed E-state index contributed by atoms with van der Waals surface area (Å²) >= 11 is 5.14. The molecule has 2 aromatic heterocycles. The number of halogens is 2. The van der Waals surface area contributed by atoms with Crippen LogP contribution in [0.25, 0.3) is 0 Å². The molecule has 0 spiro atoms. The van der Waals surface area contributed by atoms with E-state index >= 15 is 0 Å². The minimum Gasteiger partial charge on any atom is -0.382 e. The van der Waals surface area contributed by atoms with Crippen LogP contribution in [0, 0.1) is 0 Å². The van der Waals surface area contributed by atoms with E-state index in [1.807, 2.05) is 73.8 Å². The third kappa shape index (κ3) is 12.2. The fourth-order valence-electron chi connectivity index (χ4n) is 3.29. The van der Waals surface area contributed by atoms with Gasteiger partial charge in [0.1, 0.15) is 12.2 Å². The van der Waals surface area contributed by atoms with Crippen LogP contribution in [0.5, 0.6) is 0 Å². The molecule has 0 aliphatic rings. The molecule has 40 heavy (non-hydrogen) atoms. The predicted molar refractivity (Wildman–Crippen MR) is 166 cm³/mol. The third-order valence-corrected chi connectivity index (χ3v) is 5.28. The van der Waals surface area contributed by atoms with E-state index in [4.69, 9.17) is 27.3 Å². The molecular weight excluding hydrogens is 547 g/mol. The predicted octanol–water partition coefficient (Wildman–Crippen LogP) is 4.80. The number of aromatic nitrogens is 4. The van der Waals surface area contributed by atoms with Gasteiger partial charge < -0.3 is 19.6 Å². The first-order valence-electron chi connectivity index (χ1n) is 16.1. The lowest BCUT2D eigenvalue weighted by atomic mass is 10.1. The summed E-state index contributed by atoms with van der Waals surface area (Å²) in [6.45, 7) is -6.95. The maximum atomic E-state index is 10.0. The average molecular weight is 600 g/mol. The Morgan fingerprint density at radius 3 is 1.68 bits per heavy atom. The normalized spacial score (nSPS) is 16.4. The number of aryl methyl sites for hydroxylation is 2. The fraction of sp³-hybridized carbons (Fsp3) is 0.400. The molecule has 220 valence electrons. The second kappa shape index (κ2) is 19.4. The molecule has 10 heteroatoms. The smallest absolute Gasteiger partial charge is 0.124 e. The molecule has 1 N–H and O–H groups in total. The Kier molecular flexibility index (Phi) is 11.6. The molecule has 0 bridgehead atoms. The van der Waals surface area contributed by atoms with E-state index in [0.29, 0.717) is 5.69 Å². The van der Waals surface area contributed by atoms with Crippen LogP contribution in [-0.4, -0.2) is 88.0 Å². The van der Waals surface area contributed by atoms with Gasteiger partial charge in [0.2, 0.25) is 0 Å². The van der Waals surface area contributed by atoms with Crippen LogP contribution in [0.3, 0.4) is 0 Å². The molecule has 2 atom stereocenters. The summed E-state index contributed by atoms with van der Waals surface area (Å²) in [6, 6.07) is 22.3. The molecule has 4 rings (SSSR count). The van der Waals surface area contributed by atoms with Crippen LogP contribution >= 0.6 is 24.0 Å². The number of benzene rings is 2. The van der Waals surface area contributed by atoms with Gasteiger partial charge in [-0.15, -0.1) is 24.0 Å². The molecule has 2 heterocycles. The van der Waals surface area contributed by atoms with Crippen molar-refractivity contribution in [2.45, 2.75) is 12.2 Å². The maximum absolute atomic E-state index is 10.0. The number of nitrogens with zero attached hydrogens (tertiary/aromatic N) is 6. The number of ether oxygens (including phenoxy) is 1. The van der Waals surface area contributed by atoms with Crippen LogP contribution < -0.4 is 0 Å². The number of rotatable bonds is 10. The van der Waals surface area contributed by atoms with E-state index in [1.165, 1.54) is 28.2 Å². The second-order valence-corrected chi connectivity index (χ2v) is 8.88. The number of alkyl halides is 1. The highest BCUT2D eigenvalue weighted by Gasteiger charge is 2.17. The highest BCUT2D eigenvalue weighted by atomic mass is 35.5. The molecule has 0 aliphatic heterocycles. The molecule has 0 fully saturated rings. The Balaban J connectivity index is 0.000000393. The summed E-state index contributed by atoms with van der Waals surface area (Å²) in [5.41, 5.74) is 3.07. The number of aliphatic hydroxyl groups is 1. The molecule has 0 saturated carbocycles. The Hall–Kier alpha value is -2.72. The highest BCUT2D eigenvalue weighted by Crippen LogP contribution is 2.25. The molecule has 4 aromatic rings. The molecule has 0 radical (unpaired) electrons. The summed E-state index contributed by atoms with van der Waals surface area (Å²) < 4.78 is 69.1. The summed E-state index contributed by atoms with van der Waals surface area (Å²) in [7, 11) is 9.37. The van der Waals surface area contributed by atoms with Crippen LogP contribution in [0.4, 0.5) is 0 Å². The number of hydrogen-bond acceptors (Lipinski definition) is 6. The van der Waals surface area contributed by atoms with E-state index in [2.05, 4.69) is 10.2 Å². The minimum atomic E-state index is -2.53. The minimum absolute atomic E-state index is 0. The van der Waals surface area contributed by atoms with Crippen LogP contribution in [-0.2, 0) is 18.8 Å². The van der Waals surface area contributed by atoms with Crippen LogP contribution in [0.2, 0.25) is 0 Å². The zero-order valence-corrected chi connectivity index (χ0v) is 25.1.